The average Bonchev–Trinajstić information content (AvgIpc) is 3.44. The minimum absolute atomic E-state index is 0.0717. The van der Waals surface area contributed by atoms with Crippen molar-refractivity contribution >= 4 is 17.3 Å². The fourth-order valence-electron chi connectivity index (χ4n) is 5.37. The lowest BCUT2D eigenvalue weighted by Crippen LogP contribution is -2.45. The number of anilines is 1. The Morgan fingerprint density at radius 1 is 1.27 bits per heavy atom. The van der Waals surface area contributed by atoms with Crippen LogP contribution in [0.3, 0.4) is 0 Å². The molecule has 0 bridgehead atoms. The van der Waals surface area contributed by atoms with E-state index in [9.17, 15) is 13.6 Å². The molecule has 0 spiro atoms. The zero-order chi connectivity index (χ0) is 26.3. The molecule has 1 aliphatic heterocycles. The van der Waals surface area contributed by atoms with E-state index in [1.165, 1.54) is 6.20 Å². The van der Waals surface area contributed by atoms with Crippen LogP contribution in [0.25, 0.3) is 16.7 Å². The normalized spacial score (nSPS) is 19.5. The van der Waals surface area contributed by atoms with Gasteiger partial charge in [-0.2, -0.15) is 0 Å². The fourth-order valence-corrected chi connectivity index (χ4v) is 5.37. The van der Waals surface area contributed by atoms with Gasteiger partial charge in [-0.3, -0.25) is 4.79 Å². The van der Waals surface area contributed by atoms with Gasteiger partial charge in [-0.1, -0.05) is 36.4 Å². The number of fused-ring (bicyclic) bond motifs is 1. The maximum atomic E-state index is 14.7. The summed E-state index contributed by atoms with van der Waals surface area (Å²) in [6, 6.07) is 5.91. The molecule has 0 radical (unpaired) electrons. The summed E-state index contributed by atoms with van der Waals surface area (Å²) in [5.74, 6) is -1.96. The lowest BCUT2D eigenvalue weighted by atomic mass is 9.91. The number of hydrogen-bond donors (Lipinski definition) is 2. The summed E-state index contributed by atoms with van der Waals surface area (Å²) in [5, 5.41) is 10.6. The number of nitrogens with zero attached hydrogens (tertiary/aromatic N) is 3. The fraction of sp³-hybridized carbons (Fsp3) is 0.429. The Hall–Kier alpha value is -3.46. The van der Waals surface area contributed by atoms with Crippen molar-refractivity contribution in [3.8, 4) is 11.1 Å². The van der Waals surface area contributed by atoms with Crippen molar-refractivity contribution in [2.45, 2.75) is 58.9 Å². The molecule has 2 aromatic heterocycles. The number of piperidine rings is 1. The van der Waals surface area contributed by atoms with Gasteiger partial charge in [-0.15, -0.1) is 0 Å². The minimum Gasteiger partial charge on any atom is -0.361 e. The van der Waals surface area contributed by atoms with Gasteiger partial charge >= 0.3 is 0 Å². The van der Waals surface area contributed by atoms with Gasteiger partial charge in [0.05, 0.1) is 17.0 Å². The molecule has 2 N–H and O–H groups in total. The molecule has 3 heterocycles. The van der Waals surface area contributed by atoms with Gasteiger partial charge in [0.1, 0.15) is 11.5 Å². The van der Waals surface area contributed by atoms with E-state index in [-0.39, 0.29) is 34.9 Å². The number of aromatic nitrogens is 3. The van der Waals surface area contributed by atoms with Gasteiger partial charge in [-0.05, 0) is 43.4 Å². The molecule has 0 amide bonds. The molecule has 7 nitrogen and oxygen atoms in total. The molecule has 37 heavy (non-hydrogen) atoms. The quantitative estimate of drug-likeness (QED) is 0.453. The number of hydrogen-bond acceptors (Lipinski definition) is 7. The number of ketones is 1. The third-order valence-electron chi connectivity index (χ3n) is 7.25. The van der Waals surface area contributed by atoms with Crippen molar-refractivity contribution in [1.82, 2.24) is 20.4 Å². The van der Waals surface area contributed by atoms with Gasteiger partial charge < -0.3 is 15.2 Å². The summed E-state index contributed by atoms with van der Waals surface area (Å²) < 4.78 is 34.6. The zero-order valence-electron chi connectivity index (χ0n) is 21.5. The monoisotopic (exact) mass is 507 g/mol. The summed E-state index contributed by atoms with van der Waals surface area (Å²) in [6.07, 6.45) is 4.91. The van der Waals surface area contributed by atoms with Crippen LogP contribution in [-0.4, -0.2) is 40.0 Å². The molecule has 2 aliphatic rings. The summed E-state index contributed by atoms with van der Waals surface area (Å²) in [5.41, 5.74) is 5.32. The Bertz CT molecular complexity index is 1360. The van der Waals surface area contributed by atoms with E-state index in [4.69, 9.17) is 4.52 Å². The Morgan fingerprint density at radius 3 is 2.78 bits per heavy atom. The largest absolute Gasteiger partial charge is 0.361 e. The smallest absolute Gasteiger partial charge is 0.274 e. The van der Waals surface area contributed by atoms with Crippen molar-refractivity contribution in [1.29, 1.82) is 0 Å². The SMILES string of the molecule is CCC(=O)[C@H]1CNC[C@@H](Nc2ncc(C(C)(F)F)c(C3=CCc4cc(-c5c(C)noc5C)ccc43)n2)C1. The van der Waals surface area contributed by atoms with Crippen LogP contribution in [-0.2, 0) is 17.1 Å². The molecule has 1 fully saturated rings. The first kappa shape index (κ1) is 25.2. The van der Waals surface area contributed by atoms with E-state index in [2.05, 4.69) is 31.8 Å². The number of carbonyl (C=O) groups is 1. The van der Waals surface area contributed by atoms with E-state index in [0.29, 0.717) is 37.9 Å². The molecule has 194 valence electrons. The molecule has 2 atom stereocenters. The Labute approximate surface area is 214 Å². The van der Waals surface area contributed by atoms with E-state index in [1.54, 1.807) is 0 Å². The second-order valence-electron chi connectivity index (χ2n) is 9.99. The van der Waals surface area contributed by atoms with E-state index in [0.717, 1.165) is 40.6 Å². The predicted octanol–water partition coefficient (Wildman–Crippen LogP) is 5.22. The van der Waals surface area contributed by atoms with Crippen LogP contribution in [0.1, 0.15) is 60.5 Å². The molecule has 9 heteroatoms. The predicted molar refractivity (Wildman–Crippen MR) is 137 cm³/mol. The molecule has 1 aromatic carbocycles. The molecule has 0 unspecified atom stereocenters. The second kappa shape index (κ2) is 9.78. The molecule has 3 aromatic rings. The maximum absolute atomic E-state index is 14.7. The van der Waals surface area contributed by atoms with Crippen LogP contribution >= 0.6 is 0 Å². The third kappa shape index (κ3) is 4.92. The topological polar surface area (TPSA) is 92.9 Å². The Kier molecular flexibility index (Phi) is 6.66. The third-order valence-corrected chi connectivity index (χ3v) is 7.25. The van der Waals surface area contributed by atoms with E-state index < -0.39 is 5.92 Å². The molecular formula is C28H31F2N5O2. The standard InChI is InChI=1S/C28H31F2N5O2/c1-5-24(36)19-11-20(13-31-12-19)33-27-32-14-23(28(4,29)30)26(34-27)22-9-6-17-10-18(7-8-21(17)22)25-15(2)35-37-16(25)3/h7-10,14,19-20,31H,5-6,11-13H2,1-4H3,(H,32,33,34)/t19-,20+/m1/s1. The highest BCUT2D eigenvalue weighted by molar-refractivity contribution is 5.86. The number of aryl methyl sites for hydroxylation is 2. The van der Waals surface area contributed by atoms with Crippen molar-refractivity contribution in [2.75, 3.05) is 18.4 Å². The van der Waals surface area contributed by atoms with Gasteiger partial charge in [0.25, 0.3) is 5.92 Å². The molecular weight excluding hydrogens is 476 g/mol. The zero-order valence-corrected chi connectivity index (χ0v) is 21.5. The summed E-state index contributed by atoms with van der Waals surface area (Å²) in [6.45, 7) is 7.80. The van der Waals surface area contributed by atoms with Crippen molar-refractivity contribution in [2.24, 2.45) is 5.92 Å². The second-order valence-corrected chi connectivity index (χ2v) is 9.99. The van der Waals surface area contributed by atoms with Crippen molar-refractivity contribution in [3.05, 3.63) is 64.3 Å². The Morgan fingerprint density at radius 2 is 2.08 bits per heavy atom. The molecule has 5 rings (SSSR count). The number of nitrogens with one attached hydrogen (secondary N) is 2. The summed E-state index contributed by atoms with van der Waals surface area (Å²) >= 11 is 0. The van der Waals surface area contributed by atoms with Crippen molar-refractivity contribution in [3.63, 3.8) is 0 Å². The van der Waals surface area contributed by atoms with E-state index in [1.807, 2.05) is 39.0 Å². The molecule has 0 saturated carbocycles. The van der Waals surface area contributed by atoms with Gasteiger partial charge in [0.2, 0.25) is 5.95 Å². The summed E-state index contributed by atoms with van der Waals surface area (Å²) in [4.78, 5) is 21.0. The van der Waals surface area contributed by atoms with Crippen LogP contribution in [0.2, 0.25) is 0 Å². The highest BCUT2D eigenvalue weighted by atomic mass is 19.3. The van der Waals surface area contributed by atoms with Crippen LogP contribution < -0.4 is 10.6 Å². The highest BCUT2D eigenvalue weighted by Crippen LogP contribution is 2.40. The van der Waals surface area contributed by atoms with Gasteiger partial charge in [0, 0.05) is 55.7 Å². The number of halogens is 2. The summed E-state index contributed by atoms with van der Waals surface area (Å²) in [7, 11) is 0. The molecule has 1 saturated heterocycles. The van der Waals surface area contributed by atoms with Gasteiger partial charge in [0.15, 0.2) is 0 Å². The van der Waals surface area contributed by atoms with Gasteiger partial charge in [-0.25, -0.2) is 18.7 Å². The van der Waals surface area contributed by atoms with Crippen LogP contribution in [0.5, 0.6) is 0 Å². The number of Topliss-reactive ketones (excluding diaryl/α,β-unsaturated/α-hetero) is 1. The highest BCUT2D eigenvalue weighted by Gasteiger charge is 2.33. The Balaban J connectivity index is 1.46. The molecule has 1 aliphatic carbocycles. The first-order chi connectivity index (χ1) is 17.7. The first-order valence-corrected chi connectivity index (χ1v) is 12.7. The number of rotatable bonds is 7. The number of carbonyl (C=O) groups excluding carboxylic acids is 1. The number of alkyl halides is 2. The maximum Gasteiger partial charge on any atom is 0.274 e. The van der Waals surface area contributed by atoms with Crippen LogP contribution in [0.4, 0.5) is 14.7 Å². The average molecular weight is 508 g/mol. The number of allylic oxidation sites excluding steroid dienone is 1. The van der Waals surface area contributed by atoms with E-state index >= 15 is 0 Å². The van der Waals surface area contributed by atoms with Crippen molar-refractivity contribution < 1.29 is 18.1 Å². The number of benzene rings is 1. The lowest BCUT2D eigenvalue weighted by molar-refractivity contribution is -0.123. The van der Waals surface area contributed by atoms with Crippen LogP contribution in [0, 0.1) is 19.8 Å². The lowest BCUT2D eigenvalue weighted by Gasteiger charge is -2.30. The first-order valence-electron chi connectivity index (χ1n) is 12.7. The minimum atomic E-state index is -3.11. The van der Waals surface area contributed by atoms with Crippen LogP contribution in [0.15, 0.2) is 35.0 Å².